The van der Waals surface area contributed by atoms with Gasteiger partial charge in [0.2, 0.25) is 5.91 Å². The number of benzene rings is 4. The van der Waals surface area contributed by atoms with Crippen LogP contribution in [0.3, 0.4) is 0 Å². The van der Waals surface area contributed by atoms with Gasteiger partial charge in [0.15, 0.2) is 17.6 Å². The normalized spacial score (nSPS) is 17.0. The number of aromatic nitrogens is 2. The topological polar surface area (TPSA) is 123 Å². The van der Waals surface area contributed by atoms with Crippen molar-refractivity contribution in [2.75, 3.05) is 6.61 Å². The van der Waals surface area contributed by atoms with Crippen LogP contribution in [0.15, 0.2) is 128 Å². The molecule has 0 saturated heterocycles. The van der Waals surface area contributed by atoms with Gasteiger partial charge in [-0.3, -0.25) is 19.7 Å². The molecule has 2 aliphatic rings. The lowest BCUT2D eigenvalue weighted by Gasteiger charge is -2.42. The number of carboxylic acids is 1. The lowest BCUT2D eigenvalue weighted by molar-refractivity contribution is -0.143. The first-order chi connectivity index (χ1) is 28.7. The molecule has 8 rings (SSSR count). The van der Waals surface area contributed by atoms with Gasteiger partial charge >= 0.3 is 5.97 Å². The zero-order chi connectivity index (χ0) is 40.9. The molecule has 1 amide bonds. The summed E-state index contributed by atoms with van der Waals surface area (Å²) in [6.45, 7) is 7.37. The summed E-state index contributed by atoms with van der Waals surface area (Å²) >= 11 is 0. The lowest BCUT2D eigenvalue weighted by atomic mass is 9.89. The van der Waals surface area contributed by atoms with E-state index in [-0.39, 0.29) is 24.5 Å². The van der Waals surface area contributed by atoms with Gasteiger partial charge < -0.3 is 24.6 Å². The first-order valence-corrected chi connectivity index (χ1v) is 20.2. The summed E-state index contributed by atoms with van der Waals surface area (Å²) < 4.78 is 18.8. The summed E-state index contributed by atoms with van der Waals surface area (Å²) in [6, 6.07) is 33.9. The Hall–Kier alpha value is -6.52. The molecular formula is C49H48N4O6. The maximum absolute atomic E-state index is 14.4. The second-order valence-electron chi connectivity index (χ2n) is 15.3. The summed E-state index contributed by atoms with van der Waals surface area (Å²) in [5.41, 5.74) is 10.1. The van der Waals surface area contributed by atoms with Gasteiger partial charge in [0.1, 0.15) is 25.0 Å². The number of nitrogens with zero attached hydrogens (tertiary/aromatic N) is 3. The molecule has 0 saturated carbocycles. The molecule has 6 aromatic rings. The Morgan fingerprint density at radius 3 is 2.41 bits per heavy atom. The molecule has 2 N–H and O–H groups in total. The van der Waals surface area contributed by atoms with Crippen LogP contribution in [-0.2, 0) is 35.6 Å². The average Bonchev–Trinajstić information content (AvgIpc) is 3.26. The van der Waals surface area contributed by atoms with E-state index >= 15 is 0 Å². The summed E-state index contributed by atoms with van der Waals surface area (Å²) in [6.07, 6.45) is 6.30. The van der Waals surface area contributed by atoms with Crippen LogP contribution in [-0.4, -0.2) is 50.5 Å². The van der Waals surface area contributed by atoms with E-state index in [2.05, 4.69) is 39.2 Å². The maximum atomic E-state index is 14.4. The van der Waals surface area contributed by atoms with Crippen LogP contribution in [0, 0.1) is 13.8 Å². The zero-order valence-electron chi connectivity index (χ0n) is 33.5. The number of amides is 1. The van der Waals surface area contributed by atoms with Crippen molar-refractivity contribution in [2.24, 2.45) is 0 Å². The molecule has 0 radical (unpaired) electrons. The van der Waals surface area contributed by atoms with E-state index in [1.807, 2.05) is 111 Å². The van der Waals surface area contributed by atoms with Crippen molar-refractivity contribution in [3.05, 3.63) is 172 Å². The highest BCUT2D eigenvalue weighted by Gasteiger charge is 2.38. The number of carbonyl (C=O) groups is 2. The fraction of sp³-hybridized carbons (Fsp3) is 0.265. The first-order valence-electron chi connectivity index (χ1n) is 20.2. The molecule has 0 unspecified atom stereocenters. The largest absolute Gasteiger partial charge is 0.489 e. The van der Waals surface area contributed by atoms with Crippen molar-refractivity contribution in [1.82, 2.24) is 20.2 Å². The molecule has 0 spiro atoms. The number of hydrogen-bond acceptors (Lipinski definition) is 8. The Morgan fingerprint density at radius 1 is 0.898 bits per heavy atom. The minimum absolute atomic E-state index is 0.0870. The number of ether oxygens (including phenoxy) is 3. The number of pyridine rings is 2. The zero-order valence-corrected chi connectivity index (χ0v) is 33.5. The van der Waals surface area contributed by atoms with Crippen molar-refractivity contribution < 1.29 is 28.9 Å². The number of hydrogen-bond donors (Lipinski definition) is 2. The minimum Gasteiger partial charge on any atom is -0.489 e. The third-order valence-corrected chi connectivity index (χ3v) is 11.5. The van der Waals surface area contributed by atoms with Crippen molar-refractivity contribution in [3.63, 3.8) is 0 Å². The van der Waals surface area contributed by atoms with E-state index in [4.69, 9.17) is 14.2 Å². The van der Waals surface area contributed by atoms with E-state index in [0.717, 1.165) is 67.9 Å². The molecule has 300 valence electrons. The third-order valence-electron chi connectivity index (χ3n) is 11.5. The standard InChI is InChI=1S/C49H48N4O6/c1-4-43(36-10-6-5-7-11-36)53-28-39-26-46-45(58-30-47(59-46)37-16-18-40(19-17-37)57-29-34-9-8-21-50-27-34)25-38(39)24-44(53)48(54)52-42(49(55)56)23-33-12-14-35(15-13-33)41-20-22-51-32(3)31(41)2/h5-22,25-27,42-44,47H,4,23-24,28-30H2,1-3H3,(H,52,54)(H,55,56)/t42-,43-,44-,47+/m0/s1. The third kappa shape index (κ3) is 8.83. The highest BCUT2D eigenvalue weighted by atomic mass is 16.6. The SMILES string of the molecule is CC[C@@H](c1ccccc1)N1Cc2cc3c(cc2C[C@H]1C(=O)N[C@@H](Cc1ccc(-c2ccnc(C)c2C)cc1)C(=O)O)OC[C@H](c1ccc(OCc2cccnc2)cc1)O3. The molecule has 2 aliphatic heterocycles. The fourth-order valence-electron chi connectivity index (χ4n) is 8.15. The smallest absolute Gasteiger partial charge is 0.326 e. The highest BCUT2D eigenvalue weighted by molar-refractivity contribution is 5.87. The fourth-order valence-corrected chi connectivity index (χ4v) is 8.15. The van der Waals surface area contributed by atoms with Gasteiger partial charge in [-0.1, -0.05) is 79.7 Å². The van der Waals surface area contributed by atoms with Crippen molar-refractivity contribution in [2.45, 2.75) is 77.4 Å². The second-order valence-corrected chi connectivity index (χ2v) is 15.3. The number of carboxylic acid groups (broad SMARTS) is 1. The van der Waals surface area contributed by atoms with Crippen molar-refractivity contribution >= 4 is 11.9 Å². The number of carbonyl (C=O) groups excluding carboxylic acids is 1. The quantitative estimate of drug-likeness (QED) is 0.119. The summed E-state index contributed by atoms with van der Waals surface area (Å²) in [4.78, 5) is 37.9. The monoisotopic (exact) mass is 788 g/mol. The molecule has 0 bridgehead atoms. The molecule has 2 aromatic heterocycles. The van der Waals surface area contributed by atoms with Gasteiger partial charge in [0.05, 0.1) is 6.04 Å². The number of aliphatic carboxylic acids is 1. The van der Waals surface area contributed by atoms with Crippen LogP contribution >= 0.6 is 0 Å². The van der Waals surface area contributed by atoms with Gasteiger partial charge in [-0.05, 0) is 108 Å². The highest BCUT2D eigenvalue weighted by Crippen LogP contribution is 2.42. The van der Waals surface area contributed by atoms with E-state index in [0.29, 0.717) is 37.7 Å². The van der Waals surface area contributed by atoms with E-state index in [9.17, 15) is 14.7 Å². The molecular weight excluding hydrogens is 741 g/mol. The predicted octanol–water partition coefficient (Wildman–Crippen LogP) is 8.54. The molecule has 4 atom stereocenters. The predicted molar refractivity (Wildman–Crippen MR) is 225 cm³/mol. The van der Waals surface area contributed by atoms with Crippen LogP contribution in [0.4, 0.5) is 0 Å². The number of fused-ring (bicyclic) bond motifs is 2. The molecule has 0 aliphatic carbocycles. The summed E-state index contributed by atoms with van der Waals surface area (Å²) in [5.74, 6) is 0.630. The Morgan fingerprint density at radius 2 is 1.68 bits per heavy atom. The molecule has 4 aromatic carbocycles. The van der Waals surface area contributed by atoms with E-state index in [1.54, 1.807) is 18.6 Å². The van der Waals surface area contributed by atoms with Gasteiger partial charge in [-0.25, -0.2) is 4.79 Å². The molecule has 10 nitrogen and oxygen atoms in total. The molecule has 10 heteroatoms. The first kappa shape index (κ1) is 39.3. The van der Waals surface area contributed by atoms with Gasteiger partial charge in [-0.2, -0.15) is 0 Å². The van der Waals surface area contributed by atoms with Crippen molar-refractivity contribution in [3.8, 4) is 28.4 Å². The van der Waals surface area contributed by atoms with Crippen LogP contribution in [0.25, 0.3) is 11.1 Å². The molecule has 4 heterocycles. The number of nitrogens with one attached hydrogen (secondary N) is 1. The number of rotatable bonds is 13. The molecule has 0 fully saturated rings. The second kappa shape index (κ2) is 17.5. The maximum Gasteiger partial charge on any atom is 0.326 e. The lowest BCUT2D eigenvalue weighted by Crippen LogP contribution is -2.55. The van der Waals surface area contributed by atoms with Gasteiger partial charge in [0.25, 0.3) is 0 Å². The van der Waals surface area contributed by atoms with Crippen LogP contribution in [0.1, 0.15) is 70.1 Å². The summed E-state index contributed by atoms with van der Waals surface area (Å²) in [5, 5.41) is 13.3. The van der Waals surface area contributed by atoms with Crippen LogP contribution in [0.2, 0.25) is 0 Å². The van der Waals surface area contributed by atoms with E-state index in [1.165, 1.54) is 0 Å². The van der Waals surface area contributed by atoms with Crippen LogP contribution in [0.5, 0.6) is 17.2 Å². The van der Waals surface area contributed by atoms with Gasteiger partial charge in [0, 0.05) is 48.9 Å². The average molecular weight is 789 g/mol. The Kier molecular flexibility index (Phi) is 11.7. The number of aryl methyl sites for hydroxylation is 1. The Labute approximate surface area is 344 Å². The minimum atomic E-state index is -1.11. The van der Waals surface area contributed by atoms with Crippen molar-refractivity contribution in [1.29, 1.82) is 0 Å². The van der Waals surface area contributed by atoms with Gasteiger partial charge in [-0.15, -0.1) is 0 Å². The van der Waals surface area contributed by atoms with Crippen LogP contribution < -0.4 is 19.5 Å². The Bertz CT molecular complexity index is 2410. The summed E-state index contributed by atoms with van der Waals surface area (Å²) in [7, 11) is 0. The Balaban J connectivity index is 1.00. The molecule has 59 heavy (non-hydrogen) atoms. The van der Waals surface area contributed by atoms with E-state index < -0.39 is 18.1 Å².